The highest BCUT2D eigenvalue weighted by Gasteiger charge is 2.21. The number of hydrogen-bond donors (Lipinski definition) is 1. The predicted octanol–water partition coefficient (Wildman–Crippen LogP) is 4.65. The van der Waals surface area contributed by atoms with Crippen LogP contribution in [0, 0.1) is 5.92 Å². The largest absolute Gasteiger partial charge is 0.385 e. The van der Waals surface area contributed by atoms with E-state index in [4.69, 9.17) is 4.52 Å². The maximum absolute atomic E-state index is 12.5. The molecule has 1 N–H and O–H groups in total. The molecule has 27 heavy (non-hydrogen) atoms. The fourth-order valence-electron chi connectivity index (χ4n) is 2.95. The first kappa shape index (κ1) is 18.0. The summed E-state index contributed by atoms with van der Waals surface area (Å²) in [5.41, 5.74) is 2.47. The van der Waals surface area contributed by atoms with Crippen LogP contribution in [-0.2, 0) is 0 Å². The summed E-state index contributed by atoms with van der Waals surface area (Å²) in [5.74, 6) is 0.819. The minimum absolute atomic E-state index is 0.00608. The van der Waals surface area contributed by atoms with Crippen LogP contribution < -0.4 is 5.32 Å². The van der Waals surface area contributed by atoms with Gasteiger partial charge in [0, 0.05) is 31.9 Å². The first-order valence-electron chi connectivity index (χ1n) is 9.50. The average Bonchev–Trinajstić information content (AvgIpc) is 3.22. The molecule has 1 aliphatic rings. The number of amides is 1. The summed E-state index contributed by atoms with van der Waals surface area (Å²) in [6.07, 6.45) is 6.34. The third kappa shape index (κ3) is 3.98. The number of nitrogens with one attached hydrogen (secondary N) is 1. The van der Waals surface area contributed by atoms with Crippen molar-refractivity contribution in [2.24, 2.45) is 5.92 Å². The van der Waals surface area contributed by atoms with E-state index in [1.54, 1.807) is 11.1 Å². The van der Waals surface area contributed by atoms with Crippen molar-refractivity contribution >= 4 is 33.9 Å². The van der Waals surface area contributed by atoms with Gasteiger partial charge in [0.05, 0.1) is 11.6 Å². The van der Waals surface area contributed by atoms with Crippen molar-refractivity contribution in [3.8, 4) is 10.7 Å². The number of rotatable bonds is 8. The molecule has 1 aromatic carbocycles. The molecule has 0 radical (unpaired) electrons. The van der Waals surface area contributed by atoms with Crippen LogP contribution in [0.25, 0.3) is 21.7 Å². The molecule has 6 nitrogen and oxygen atoms in total. The molecule has 142 valence electrons. The number of fused-ring (bicyclic) bond motifs is 1. The monoisotopic (exact) mass is 384 g/mol. The van der Waals surface area contributed by atoms with Crippen molar-refractivity contribution in [2.45, 2.75) is 32.6 Å². The molecular weight excluding hydrogens is 360 g/mol. The minimum Gasteiger partial charge on any atom is -0.385 e. The van der Waals surface area contributed by atoms with Gasteiger partial charge in [0.15, 0.2) is 5.58 Å². The van der Waals surface area contributed by atoms with Gasteiger partial charge in [0.1, 0.15) is 15.6 Å². The van der Waals surface area contributed by atoms with E-state index in [1.165, 1.54) is 24.2 Å². The summed E-state index contributed by atoms with van der Waals surface area (Å²) in [4.78, 5) is 19.3. The number of hydrogen-bond acceptors (Lipinski definition) is 6. The molecule has 0 aliphatic heterocycles. The molecule has 1 amide bonds. The van der Waals surface area contributed by atoms with Gasteiger partial charge in [0.2, 0.25) is 0 Å². The second-order valence-corrected chi connectivity index (χ2v) is 8.21. The van der Waals surface area contributed by atoms with Gasteiger partial charge in [-0.05, 0) is 37.3 Å². The zero-order valence-corrected chi connectivity index (χ0v) is 16.5. The Labute approximate surface area is 162 Å². The molecule has 0 bridgehead atoms. The van der Waals surface area contributed by atoms with Crippen molar-refractivity contribution in [3.05, 3.63) is 29.3 Å². The number of nitrogens with zero attached hydrogens (tertiary/aromatic N) is 3. The smallest absolute Gasteiger partial charge is 0.265 e. The lowest BCUT2D eigenvalue weighted by atomic mass is 10.2. The third-order valence-electron chi connectivity index (χ3n) is 4.88. The van der Waals surface area contributed by atoms with Gasteiger partial charge in [0.25, 0.3) is 5.91 Å². The van der Waals surface area contributed by atoms with Crippen LogP contribution in [0.15, 0.2) is 28.9 Å². The maximum Gasteiger partial charge on any atom is 0.265 e. The van der Waals surface area contributed by atoms with Crippen LogP contribution in [0.5, 0.6) is 0 Å². The highest BCUT2D eigenvalue weighted by Crippen LogP contribution is 2.33. The van der Waals surface area contributed by atoms with Crippen molar-refractivity contribution < 1.29 is 9.32 Å². The number of carbonyl (C=O) groups is 1. The van der Waals surface area contributed by atoms with E-state index in [-0.39, 0.29) is 5.91 Å². The van der Waals surface area contributed by atoms with Crippen LogP contribution in [0.1, 0.15) is 42.3 Å². The summed E-state index contributed by atoms with van der Waals surface area (Å²) in [6, 6.07) is 6.03. The number of aromatic nitrogens is 2. The summed E-state index contributed by atoms with van der Waals surface area (Å²) in [7, 11) is 1.83. The molecule has 4 rings (SSSR count). The zero-order chi connectivity index (χ0) is 18.8. The van der Waals surface area contributed by atoms with Crippen LogP contribution >= 0.6 is 11.3 Å². The van der Waals surface area contributed by atoms with Gasteiger partial charge in [-0.15, -0.1) is 11.3 Å². The number of benzene rings is 1. The van der Waals surface area contributed by atoms with Crippen LogP contribution in [0.3, 0.4) is 0 Å². The Morgan fingerprint density at radius 3 is 3.04 bits per heavy atom. The fraction of sp³-hybridized carbons (Fsp3) is 0.450. The summed E-state index contributed by atoms with van der Waals surface area (Å²) >= 11 is 1.36. The molecule has 0 atom stereocenters. The fourth-order valence-corrected chi connectivity index (χ4v) is 3.86. The number of carbonyl (C=O) groups excluding carboxylic acids is 1. The quantitative estimate of drug-likeness (QED) is 0.612. The number of thiazole rings is 1. The second kappa shape index (κ2) is 7.68. The van der Waals surface area contributed by atoms with Gasteiger partial charge in [-0.3, -0.25) is 4.79 Å². The van der Waals surface area contributed by atoms with E-state index in [2.05, 4.69) is 22.4 Å². The number of anilines is 1. The summed E-state index contributed by atoms with van der Waals surface area (Å²) in [5, 5.41) is 9.27. The van der Waals surface area contributed by atoms with Gasteiger partial charge < -0.3 is 14.7 Å². The van der Waals surface area contributed by atoms with E-state index >= 15 is 0 Å². The van der Waals surface area contributed by atoms with E-state index in [0.29, 0.717) is 15.6 Å². The normalized spacial score (nSPS) is 13.9. The summed E-state index contributed by atoms with van der Waals surface area (Å²) in [6.45, 7) is 3.88. The third-order valence-corrected chi connectivity index (χ3v) is 5.87. The Kier molecular flexibility index (Phi) is 5.11. The first-order chi connectivity index (χ1) is 13.2. The molecule has 1 aliphatic carbocycles. The van der Waals surface area contributed by atoms with Crippen molar-refractivity contribution in [3.63, 3.8) is 0 Å². The van der Waals surface area contributed by atoms with E-state index in [1.807, 2.05) is 25.2 Å². The van der Waals surface area contributed by atoms with Crippen LogP contribution in [-0.4, -0.2) is 41.1 Å². The Balaban J connectivity index is 1.52. The number of unbranched alkanes of at least 4 members (excludes halogenated alkanes) is 1. The molecule has 1 fully saturated rings. The second-order valence-electron chi connectivity index (χ2n) is 7.18. The highest BCUT2D eigenvalue weighted by atomic mass is 32.1. The predicted molar refractivity (Wildman–Crippen MR) is 108 cm³/mol. The van der Waals surface area contributed by atoms with Crippen molar-refractivity contribution in [1.82, 2.24) is 15.0 Å². The molecule has 3 aromatic rings. The topological polar surface area (TPSA) is 71.3 Å². The highest BCUT2D eigenvalue weighted by molar-refractivity contribution is 7.17. The SMILES string of the molecule is CCCCN(C)C(=O)c1cnc(-c2noc3cc(NCC4CC4)ccc23)s1. The maximum atomic E-state index is 12.5. The van der Waals surface area contributed by atoms with Gasteiger partial charge in [-0.1, -0.05) is 18.5 Å². The lowest BCUT2D eigenvalue weighted by Crippen LogP contribution is -2.26. The van der Waals surface area contributed by atoms with Crippen molar-refractivity contribution in [2.75, 3.05) is 25.5 Å². The van der Waals surface area contributed by atoms with E-state index in [0.717, 1.165) is 48.5 Å². The Morgan fingerprint density at radius 1 is 1.41 bits per heavy atom. The molecule has 0 spiro atoms. The van der Waals surface area contributed by atoms with Crippen LogP contribution in [0.2, 0.25) is 0 Å². The zero-order valence-electron chi connectivity index (χ0n) is 15.7. The van der Waals surface area contributed by atoms with E-state index < -0.39 is 0 Å². The van der Waals surface area contributed by atoms with Gasteiger partial charge >= 0.3 is 0 Å². The molecular formula is C20H24N4O2S. The van der Waals surface area contributed by atoms with Crippen LogP contribution in [0.4, 0.5) is 5.69 Å². The standard InChI is InChI=1S/C20H24N4O2S/c1-3-4-9-24(2)20(25)17-12-22-19(27-17)18-15-8-7-14(10-16(15)26-23-18)21-11-13-5-6-13/h7-8,10,12-13,21H,3-6,9,11H2,1-2H3. The van der Waals surface area contributed by atoms with E-state index in [9.17, 15) is 4.79 Å². The first-order valence-corrected chi connectivity index (χ1v) is 10.3. The lowest BCUT2D eigenvalue weighted by molar-refractivity contribution is 0.0798. The Bertz CT molecular complexity index is 945. The summed E-state index contributed by atoms with van der Waals surface area (Å²) < 4.78 is 5.52. The molecule has 1 saturated carbocycles. The molecule has 0 unspecified atom stereocenters. The lowest BCUT2D eigenvalue weighted by Gasteiger charge is -2.14. The van der Waals surface area contributed by atoms with Crippen molar-refractivity contribution in [1.29, 1.82) is 0 Å². The van der Waals surface area contributed by atoms with Gasteiger partial charge in [-0.25, -0.2) is 4.98 Å². The molecule has 2 heterocycles. The molecule has 0 saturated heterocycles. The average molecular weight is 385 g/mol. The Hall–Kier alpha value is -2.41. The molecule has 2 aromatic heterocycles. The van der Waals surface area contributed by atoms with Gasteiger partial charge in [-0.2, -0.15) is 0 Å². The minimum atomic E-state index is 0.00608. The molecule has 7 heteroatoms. The Morgan fingerprint density at radius 2 is 2.26 bits per heavy atom.